The highest BCUT2D eigenvalue weighted by Crippen LogP contribution is 2.46. The lowest BCUT2D eigenvalue weighted by Crippen LogP contribution is -2.37. The van der Waals surface area contributed by atoms with E-state index in [0.717, 1.165) is 64.6 Å². The van der Waals surface area contributed by atoms with Crippen LogP contribution in [0.3, 0.4) is 0 Å². The van der Waals surface area contributed by atoms with Crippen molar-refractivity contribution in [1.29, 1.82) is 0 Å². The Morgan fingerprint density at radius 2 is 1.76 bits per heavy atom. The zero-order chi connectivity index (χ0) is 23.3. The summed E-state index contributed by atoms with van der Waals surface area (Å²) < 4.78 is 30.7. The number of hydrogen-bond donors (Lipinski definition) is 1. The second kappa shape index (κ2) is 12.0. The molecule has 6 nitrogen and oxygen atoms in total. The molecule has 0 aromatic rings. The molecule has 0 aromatic carbocycles. The van der Waals surface area contributed by atoms with Crippen LogP contribution in [0.15, 0.2) is 12.2 Å². The highest BCUT2D eigenvalue weighted by atomic mass is 16.7. The summed E-state index contributed by atoms with van der Waals surface area (Å²) in [5.74, 6) is 0.466. The van der Waals surface area contributed by atoms with Gasteiger partial charge in [-0.2, -0.15) is 0 Å². The molecule has 4 rings (SSSR count). The van der Waals surface area contributed by atoms with Gasteiger partial charge in [-0.15, -0.1) is 0 Å². The average Bonchev–Trinajstić information content (AvgIpc) is 3.32. The number of rotatable bonds is 10. The van der Waals surface area contributed by atoms with Crippen molar-refractivity contribution in [2.75, 3.05) is 13.2 Å². The molecule has 0 bridgehead atoms. The van der Waals surface area contributed by atoms with Gasteiger partial charge in [0.05, 0.1) is 18.3 Å². The van der Waals surface area contributed by atoms with Crippen LogP contribution in [0.1, 0.15) is 91.4 Å². The molecule has 0 spiro atoms. The zero-order valence-electron chi connectivity index (χ0n) is 21.0. The number of fused-ring (bicyclic) bond motifs is 1. The fourth-order valence-corrected chi connectivity index (χ4v) is 5.94. The van der Waals surface area contributed by atoms with Crippen LogP contribution in [0.4, 0.5) is 0 Å². The quantitative estimate of drug-likeness (QED) is 0.439. The molecule has 3 aliphatic heterocycles. The van der Waals surface area contributed by atoms with E-state index in [0.29, 0.717) is 6.42 Å². The summed E-state index contributed by atoms with van der Waals surface area (Å²) in [5.41, 5.74) is 0.0137. The third-order valence-electron chi connectivity index (χ3n) is 8.03. The minimum absolute atomic E-state index is 0.0137. The van der Waals surface area contributed by atoms with E-state index in [1.807, 2.05) is 0 Å². The first kappa shape index (κ1) is 25.6. The Balaban J connectivity index is 1.48. The number of ether oxygens (including phenoxy) is 5. The lowest BCUT2D eigenvalue weighted by Gasteiger charge is -2.36. The van der Waals surface area contributed by atoms with Crippen LogP contribution in [-0.4, -0.2) is 55.5 Å². The van der Waals surface area contributed by atoms with Crippen LogP contribution in [-0.2, 0) is 23.7 Å². The van der Waals surface area contributed by atoms with Gasteiger partial charge in [0.2, 0.25) is 0 Å². The van der Waals surface area contributed by atoms with Gasteiger partial charge in [0, 0.05) is 32.0 Å². The van der Waals surface area contributed by atoms with Gasteiger partial charge in [0.15, 0.2) is 18.9 Å². The Kier molecular flexibility index (Phi) is 9.27. The Bertz CT molecular complexity index is 610. The first-order valence-electron chi connectivity index (χ1n) is 13.5. The maximum absolute atomic E-state index is 10.1. The molecule has 190 valence electrons. The van der Waals surface area contributed by atoms with Gasteiger partial charge < -0.3 is 28.8 Å². The molecule has 0 aromatic heterocycles. The minimum atomic E-state index is -0.661. The first-order chi connectivity index (χ1) is 16.0. The van der Waals surface area contributed by atoms with Crippen molar-refractivity contribution in [1.82, 2.24) is 0 Å². The number of hydrogen-bond acceptors (Lipinski definition) is 6. The second-order valence-corrected chi connectivity index (χ2v) is 11.1. The maximum Gasteiger partial charge on any atom is 0.158 e. The lowest BCUT2D eigenvalue weighted by molar-refractivity contribution is -0.199. The molecule has 1 aliphatic carbocycles. The largest absolute Gasteiger partial charge is 0.368 e. The van der Waals surface area contributed by atoms with E-state index in [-0.39, 0.29) is 48.1 Å². The van der Waals surface area contributed by atoms with Crippen molar-refractivity contribution >= 4 is 0 Å². The van der Waals surface area contributed by atoms with Crippen LogP contribution >= 0.6 is 0 Å². The average molecular weight is 467 g/mol. The van der Waals surface area contributed by atoms with Crippen LogP contribution in [0.25, 0.3) is 0 Å². The van der Waals surface area contributed by atoms with Crippen LogP contribution < -0.4 is 0 Å². The van der Waals surface area contributed by atoms with Crippen molar-refractivity contribution in [3.05, 3.63) is 12.2 Å². The van der Waals surface area contributed by atoms with Crippen molar-refractivity contribution < 1.29 is 28.8 Å². The molecule has 3 saturated heterocycles. The molecule has 6 heteroatoms. The predicted octanol–water partition coefficient (Wildman–Crippen LogP) is 5.33. The van der Waals surface area contributed by atoms with Gasteiger partial charge in [0.25, 0.3) is 0 Å². The Morgan fingerprint density at radius 3 is 2.42 bits per heavy atom. The van der Waals surface area contributed by atoms with Crippen molar-refractivity contribution in [3.63, 3.8) is 0 Å². The smallest absolute Gasteiger partial charge is 0.158 e. The molecule has 3 unspecified atom stereocenters. The normalized spacial score (nSPS) is 38.6. The van der Waals surface area contributed by atoms with E-state index < -0.39 is 6.29 Å². The monoisotopic (exact) mass is 466 g/mol. The lowest BCUT2D eigenvalue weighted by atomic mass is 9.80. The van der Waals surface area contributed by atoms with Gasteiger partial charge in [-0.1, -0.05) is 45.8 Å². The fraction of sp³-hybridized carbons (Fsp3) is 0.926. The van der Waals surface area contributed by atoms with Crippen molar-refractivity contribution in [2.24, 2.45) is 17.3 Å². The predicted molar refractivity (Wildman–Crippen MR) is 126 cm³/mol. The molecule has 33 heavy (non-hydrogen) atoms. The summed E-state index contributed by atoms with van der Waals surface area (Å²) in [6.45, 7) is 8.43. The Hall–Kier alpha value is -0.500. The number of unbranched alkanes of at least 4 members (excludes halogenated alkanes) is 1. The summed E-state index contributed by atoms with van der Waals surface area (Å²) in [5, 5.41) is 10.1. The molecular weight excluding hydrogens is 420 g/mol. The summed E-state index contributed by atoms with van der Waals surface area (Å²) in [6.07, 6.45) is 15.2. The molecule has 0 radical (unpaired) electrons. The second-order valence-electron chi connectivity index (χ2n) is 11.1. The fourth-order valence-electron chi connectivity index (χ4n) is 5.94. The summed E-state index contributed by atoms with van der Waals surface area (Å²) in [4.78, 5) is 0. The molecule has 0 amide bonds. The minimum Gasteiger partial charge on any atom is -0.368 e. The zero-order valence-corrected chi connectivity index (χ0v) is 21.0. The molecule has 3 heterocycles. The van der Waals surface area contributed by atoms with E-state index in [2.05, 4.69) is 32.9 Å². The number of aliphatic hydroxyl groups excluding tert-OH is 1. The van der Waals surface area contributed by atoms with Gasteiger partial charge in [-0.3, -0.25) is 0 Å². The van der Waals surface area contributed by atoms with E-state index in [1.165, 1.54) is 12.8 Å². The van der Waals surface area contributed by atoms with E-state index in [1.54, 1.807) is 0 Å². The molecule has 4 fully saturated rings. The summed E-state index contributed by atoms with van der Waals surface area (Å²) in [6, 6.07) is 0. The van der Waals surface area contributed by atoms with Gasteiger partial charge in [-0.25, -0.2) is 0 Å². The standard InChI is InChI=1S/C27H46O6/c1-4-5-14-27(2,3)23(33-26-11-7-9-16-30-26)13-12-19-20-17-24(28)31-22(20)18-21(19)32-25-10-6-8-15-29-25/h12-13,19-26,28H,4-11,14-18H2,1-3H3/b13-12+/t19-,20-,21-,22+,23-,24?,25?,26?/m1/s1. The van der Waals surface area contributed by atoms with Crippen LogP contribution in [0.2, 0.25) is 0 Å². The van der Waals surface area contributed by atoms with Crippen molar-refractivity contribution in [2.45, 2.75) is 129 Å². The maximum atomic E-state index is 10.1. The van der Waals surface area contributed by atoms with E-state index >= 15 is 0 Å². The topological polar surface area (TPSA) is 66.4 Å². The van der Waals surface area contributed by atoms with Gasteiger partial charge in [-0.05, 0) is 56.3 Å². The number of aliphatic hydroxyl groups is 1. The highest BCUT2D eigenvalue weighted by molar-refractivity contribution is 5.09. The SMILES string of the molecule is CCCCC(C)(C)[C@@H](/C=C/[C@@H]1[C@H]2CC(O)O[C@H]2C[C@H]1OC1CCCCO1)OC1CCCCO1. The van der Waals surface area contributed by atoms with Crippen LogP contribution in [0, 0.1) is 17.3 Å². The van der Waals surface area contributed by atoms with Crippen molar-refractivity contribution in [3.8, 4) is 0 Å². The van der Waals surface area contributed by atoms with Gasteiger partial charge >= 0.3 is 0 Å². The third-order valence-corrected chi connectivity index (χ3v) is 8.03. The first-order valence-corrected chi connectivity index (χ1v) is 13.5. The molecule has 1 saturated carbocycles. The Labute approximate surface area is 200 Å². The molecule has 1 N–H and O–H groups in total. The molecule has 4 aliphatic rings. The van der Waals surface area contributed by atoms with E-state index in [4.69, 9.17) is 23.7 Å². The van der Waals surface area contributed by atoms with E-state index in [9.17, 15) is 5.11 Å². The molecular formula is C27H46O6. The third kappa shape index (κ3) is 6.80. The van der Waals surface area contributed by atoms with Crippen LogP contribution in [0.5, 0.6) is 0 Å². The molecule has 8 atom stereocenters. The summed E-state index contributed by atoms with van der Waals surface area (Å²) in [7, 11) is 0. The Morgan fingerprint density at radius 1 is 1.03 bits per heavy atom. The highest BCUT2D eigenvalue weighted by Gasteiger charge is 2.49. The summed E-state index contributed by atoms with van der Waals surface area (Å²) >= 11 is 0. The van der Waals surface area contributed by atoms with Gasteiger partial charge in [0.1, 0.15) is 0 Å².